The normalized spacial score (nSPS) is 13.2. The lowest BCUT2D eigenvalue weighted by Crippen LogP contribution is -2.27. The van der Waals surface area contributed by atoms with E-state index in [1.807, 2.05) is 12.1 Å². The van der Waals surface area contributed by atoms with Crippen LogP contribution in [-0.2, 0) is 17.8 Å². The molecule has 6 heteroatoms. The molecule has 2 aromatic rings. The number of benzene rings is 2. The molecule has 0 bridgehead atoms. The van der Waals surface area contributed by atoms with Crippen LogP contribution in [0.3, 0.4) is 0 Å². The number of hydrogen-bond donors (Lipinski definition) is 1. The van der Waals surface area contributed by atoms with Crippen LogP contribution in [0.5, 0.6) is 0 Å². The number of halogens is 2. The Labute approximate surface area is 150 Å². The maximum Gasteiger partial charge on any atom is 0.253 e. The zero-order valence-electron chi connectivity index (χ0n) is 13.1. The van der Waals surface area contributed by atoms with Gasteiger partial charge in [0.1, 0.15) is 0 Å². The highest BCUT2D eigenvalue weighted by atomic mass is 35.5. The highest BCUT2D eigenvalue weighted by molar-refractivity contribution is 6.35. The van der Waals surface area contributed by atoms with E-state index in [0.717, 1.165) is 16.8 Å². The topological polar surface area (TPSA) is 49.4 Å². The van der Waals surface area contributed by atoms with Crippen LogP contribution in [0.1, 0.15) is 27.9 Å². The van der Waals surface area contributed by atoms with Gasteiger partial charge in [-0.1, -0.05) is 29.3 Å². The highest BCUT2D eigenvalue weighted by Crippen LogP contribution is 2.25. The summed E-state index contributed by atoms with van der Waals surface area (Å²) >= 11 is 12.1. The largest absolute Gasteiger partial charge is 0.337 e. The first-order chi connectivity index (χ1) is 11.4. The van der Waals surface area contributed by atoms with E-state index in [1.165, 1.54) is 0 Å². The smallest absolute Gasteiger partial charge is 0.253 e. The second-order valence-electron chi connectivity index (χ2n) is 5.82. The fourth-order valence-corrected chi connectivity index (χ4v) is 3.18. The third kappa shape index (κ3) is 3.55. The lowest BCUT2D eigenvalue weighted by atomic mass is 10.00. The molecule has 1 aliphatic rings. The van der Waals surface area contributed by atoms with E-state index in [9.17, 15) is 9.59 Å². The molecule has 1 N–H and O–H groups in total. The molecular weight excluding hydrogens is 347 g/mol. The number of anilines is 1. The van der Waals surface area contributed by atoms with Crippen molar-refractivity contribution in [1.82, 2.24) is 4.90 Å². The Morgan fingerprint density at radius 3 is 2.71 bits per heavy atom. The lowest BCUT2D eigenvalue weighted by molar-refractivity contribution is -0.116. The molecule has 0 radical (unpaired) electrons. The van der Waals surface area contributed by atoms with E-state index in [0.29, 0.717) is 35.0 Å². The molecule has 0 spiro atoms. The fraction of sp³-hybridized carbons (Fsp3) is 0.222. The van der Waals surface area contributed by atoms with Crippen molar-refractivity contribution < 1.29 is 9.59 Å². The average Bonchev–Trinajstić information content (AvgIpc) is 2.56. The van der Waals surface area contributed by atoms with Crippen molar-refractivity contribution in [2.75, 3.05) is 12.4 Å². The van der Waals surface area contributed by atoms with Crippen LogP contribution in [0.15, 0.2) is 36.4 Å². The molecule has 124 valence electrons. The predicted molar refractivity (Wildman–Crippen MR) is 95.7 cm³/mol. The van der Waals surface area contributed by atoms with Crippen molar-refractivity contribution in [2.24, 2.45) is 0 Å². The van der Waals surface area contributed by atoms with Crippen molar-refractivity contribution in [2.45, 2.75) is 19.4 Å². The number of nitrogens with zero attached hydrogens (tertiary/aromatic N) is 1. The van der Waals surface area contributed by atoms with Crippen LogP contribution in [0.25, 0.3) is 0 Å². The van der Waals surface area contributed by atoms with Crippen molar-refractivity contribution >= 4 is 40.7 Å². The first-order valence-electron chi connectivity index (χ1n) is 7.56. The molecule has 1 aliphatic heterocycles. The van der Waals surface area contributed by atoms with Crippen LogP contribution in [0, 0.1) is 0 Å². The molecule has 2 amide bonds. The van der Waals surface area contributed by atoms with Crippen LogP contribution in [0.2, 0.25) is 10.0 Å². The first kappa shape index (κ1) is 16.8. The summed E-state index contributed by atoms with van der Waals surface area (Å²) in [6, 6.07) is 10.6. The molecule has 0 aromatic heterocycles. The summed E-state index contributed by atoms with van der Waals surface area (Å²) in [5, 5.41) is 3.92. The van der Waals surface area contributed by atoms with Crippen LogP contribution in [0.4, 0.5) is 5.69 Å². The number of hydrogen-bond acceptors (Lipinski definition) is 2. The molecule has 0 fully saturated rings. The molecule has 0 aliphatic carbocycles. The second-order valence-corrected chi connectivity index (χ2v) is 6.66. The third-order valence-electron chi connectivity index (χ3n) is 4.02. The highest BCUT2D eigenvalue weighted by Gasteiger charge is 2.19. The summed E-state index contributed by atoms with van der Waals surface area (Å²) in [5.74, 6) is -0.0863. The Balaban J connectivity index is 1.77. The standard InChI is InChI=1S/C18H16Cl2N2O2/c1-22(10-13-2-5-14(19)9-15(13)20)18(24)12-3-6-16-11(8-12)4-7-17(23)21-16/h2-3,5-6,8-9H,4,7,10H2,1H3,(H,21,23). The average molecular weight is 363 g/mol. The SMILES string of the molecule is CN(Cc1ccc(Cl)cc1Cl)C(=O)c1ccc2c(c1)CCC(=O)N2. The number of rotatable bonds is 3. The number of amides is 2. The van der Waals surface area contributed by atoms with E-state index in [4.69, 9.17) is 23.2 Å². The van der Waals surface area contributed by atoms with Gasteiger partial charge in [-0.2, -0.15) is 0 Å². The molecule has 0 atom stereocenters. The lowest BCUT2D eigenvalue weighted by Gasteiger charge is -2.21. The fourth-order valence-electron chi connectivity index (χ4n) is 2.71. The molecule has 2 aromatic carbocycles. The minimum atomic E-state index is -0.0966. The Morgan fingerprint density at radius 2 is 1.96 bits per heavy atom. The molecular formula is C18H16Cl2N2O2. The molecule has 4 nitrogen and oxygen atoms in total. The van der Waals surface area contributed by atoms with Gasteiger partial charge in [-0.3, -0.25) is 9.59 Å². The molecule has 0 unspecified atom stereocenters. The number of carbonyl (C=O) groups excluding carboxylic acids is 2. The summed E-state index contributed by atoms with van der Waals surface area (Å²) < 4.78 is 0. The van der Waals surface area contributed by atoms with Crippen molar-refractivity contribution in [1.29, 1.82) is 0 Å². The van der Waals surface area contributed by atoms with E-state index < -0.39 is 0 Å². The van der Waals surface area contributed by atoms with Gasteiger partial charge in [-0.15, -0.1) is 0 Å². The Kier molecular flexibility index (Phi) is 4.78. The monoisotopic (exact) mass is 362 g/mol. The van der Waals surface area contributed by atoms with E-state index >= 15 is 0 Å². The van der Waals surface area contributed by atoms with Gasteiger partial charge < -0.3 is 10.2 Å². The predicted octanol–water partition coefficient (Wildman–Crippen LogP) is 4.15. The minimum Gasteiger partial charge on any atom is -0.337 e. The van der Waals surface area contributed by atoms with Gasteiger partial charge in [0.05, 0.1) is 0 Å². The molecule has 3 rings (SSSR count). The van der Waals surface area contributed by atoms with Gasteiger partial charge in [-0.25, -0.2) is 0 Å². The third-order valence-corrected chi connectivity index (χ3v) is 4.60. The van der Waals surface area contributed by atoms with Gasteiger partial charge in [-0.05, 0) is 47.9 Å². The van der Waals surface area contributed by atoms with Crippen LogP contribution < -0.4 is 5.32 Å². The van der Waals surface area contributed by atoms with Gasteiger partial charge in [0.2, 0.25) is 5.91 Å². The summed E-state index contributed by atoms with van der Waals surface area (Å²) in [7, 11) is 1.73. The quantitative estimate of drug-likeness (QED) is 0.891. The molecule has 1 heterocycles. The molecule has 24 heavy (non-hydrogen) atoms. The van der Waals surface area contributed by atoms with E-state index in [-0.39, 0.29) is 11.8 Å². The number of fused-ring (bicyclic) bond motifs is 1. The van der Waals surface area contributed by atoms with Crippen molar-refractivity contribution in [3.63, 3.8) is 0 Å². The summed E-state index contributed by atoms with van der Waals surface area (Å²) in [6.45, 7) is 0.392. The summed E-state index contributed by atoms with van der Waals surface area (Å²) in [6.07, 6.45) is 1.09. The van der Waals surface area contributed by atoms with Gasteiger partial charge in [0, 0.05) is 41.3 Å². The summed E-state index contributed by atoms with van der Waals surface area (Å²) in [5.41, 5.74) is 3.20. The van der Waals surface area contributed by atoms with E-state index in [2.05, 4.69) is 5.32 Å². The maximum absolute atomic E-state index is 12.6. The first-order valence-corrected chi connectivity index (χ1v) is 8.32. The Hall–Kier alpha value is -2.04. The molecule has 0 saturated carbocycles. The number of nitrogens with one attached hydrogen (secondary N) is 1. The zero-order valence-corrected chi connectivity index (χ0v) is 14.6. The maximum atomic E-state index is 12.6. The number of aryl methyl sites for hydroxylation is 1. The van der Waals surface area contributed by atoms with Gasteiger partial charge in [0.15, 0.2) is 0 Å². The van der Waals surface area contributed by atoms with E-state index in [1.54, 1.807) is 36.2 Å². The Morgan fingerprint density at radius 1 is 1.17 bits per heavy atom. The second kappa shape index (κ2) is 6.83. The zero-order chi connectivity index (χ0) is 17.3. The minimum absolute atomic E-state index is 0.0103. The number of carbonyl (C=O) groups is 2. The van der Waals surface area contributed by atoms with Crippen LogP contribution >= 0.6 is 23.2 Å². The van der Waals surface area contributed by atoms with Crippen molar-refractivity contribution in [3.05, 3.63) is 63.1 Å². The van der Waals surface area contributed by atoms with Gasteiger partial charge in [0.25, 0.3) is 5.91 Å². The van der Waals surface area contributed by atoms with Crippen molar-refractivity contribution in [3.8, 4) is 0 Å². The Bertz CT molecular complexity index is 821. The van der Waals surface area contributed by atoms with Crippen LogP contribution in [-0.4, -0.2) is 23.8 Å². The van der Waals surface area contributed by atoms with Gasteiger partial charge >= 0.3 is 0 Å². The molecule has 0 saturated heterocycles. The summed E-state index contributed by atoms with van der Waals surface area (Å²) in [4.78, 5) is 25.7.